The first-order valence-corrected chi connectivity index (χ1v) is 14.9. The van der Waals surface area contributed by atoms with Crippen molar-refractivity contribution in [3.63, 3.8) is 0 Å². The van der Waals surface area contributed by atoms with Crippen LogP contribution < -0.4 is 15.8 Å². The highest BCUT2D eigenvalue weighted by molar-refractivity contribution is 7.91. The van der Waals surface area contributed by atoms with Gasteiger partial charge >= 0.3 is 0 Å². The van der Waals surface area contributed by atoms with E-state index in [0.29, 0.717) is 39.7 Å². The number of nitrogens with one attached hydrogen (secondary N) is 1. The number of hydrogen-bond donors (Lipinski definition) is 2. The summed E-state index contributed by atoms with van der Waals surface area (Å²) in [5.41, 5.74) is 8.61. The lowest BCUT2D eigenvalue weighted by Crippen LogP contribution is -2.36. The monoisotopic (exact) mass is 558 g/mol. The van der Waals surface area contributed by atoms with Gasteiger partial charge in [-0.25, -0.2) is 13.4 Å². The number of thiophene rings is 1. The summed E-state index contributed by atoms with van der Waals surface area (Å²) in [6.45, 7) is 3.29. The van der Waals surface area contributed by atoms with Gasteiger partial charge in [0.1, 0.15) is 28.1 Å². The van der Waals surface area contributed by atoms with E-state index < -0.39 is 21.8 Å². The van der Waals surface area contributed by atoms with Gasteiger partial charge in [-0.05, 0) is 56.6 Å². The van der Waals surface area contributed by atoms with E-state index >= 15 is 0 Å². The van der Waals surface area contributed by atoms with Crippen LogP contribution in [0.1, 0.15) is 46.7 Å². The van der Waals surface area contributed by atoms with Crippen molar-refractivity contribution in [1.82, 2.24) is 14.9 Å². The fourth-order valence-corrected chi connectivity index (χ4v) is 7.67. The summed E-state index contributed by atoms with van der Waals surface area (Å²) in [6.07, 6.45) is 2.49. The highest BCUT2D eigenvalue weighted by atomic mass is 35.5. The van der Waals surface area contributed by atoms with E-state index in [9.17, 15) is 13.2 Å². The average Bonchev–Trinajstić information content (AvgIpc) is 3.48. The third-order valence-corrected chi connectivity index (χ3v) is 10.3. The molecule has 5 rings (SSSR count). The first kappa shape index (κ1) is 25.7. The Morgan fingerprint density at radius 1 is 1.24 bits per heavy atom. The van der Waals surface area contributed by atoms with Crippen LogP contribution >= 0.6 is 22.9 Å². The second kappa shape index (κ2) is 10.4. The number of benzene rings is 2. The normalized spacial score (nSPS) is 15.6. The molecule has 1 saturated heterocycles. The summed E-state index contributed by atoms with van der Waals surface area (Å²) in [7, 11) is -3.28. The zero-order valence-corrected chi connectivity index (χ0v) is 22.6. The molecule has 1 atom stereocenters. The van der Waals surface area contributed by atoms with Gasteiger partial charge in [0.25, 0.3) is 5.91 Å². The van der Waals surface area contributed by atoms with Crippen molar-refractivity contribution in [1.29, 1.82) is 0 Å². The van der Waals surface area contributed by atoms with Crippen molar-refractivity contribution in [3.05, 3.63) is 75.9 Å². The first-order chi connectivity index (χ1) is 17.7. The maximum atomic E-state index is 13.0. The molecular weight excluding hydrogens is 532 g/mol. The summed E-state index contributed by atoms with van der Waals surface area (Å²) in [4.78, 5) is 17.0. The van der Waals surface area contributed by atoms with Crippen LogP contribution in [0.4, 0.5) is 0 Å². The van der Waals surface area contributed by atoms with Gasteiger partial charge in [-0.1, -0.05) is 35.9 Å². The quantitative estimate of drug-likeness (QED) is 0.325. The van der Waals surface area contributed by atoms with E-state index in [1.165, 1.54) is 11.3 Å². The molecule has 1 aliphatic heterocycles. The number of aromatic nitrogens is 2. The van der Waals surface area contributed by atoms with E-state index in [1.807, 2.05) is 41.8 Å². The lowest BCUT2D eigenvalue weighted by atomic mass is 10.1. The second-order valence-electron chi connectivity index (χ2n) is 9.12. The summed E-state index contributed by atoms with van der Waals surface area (Å²) in [5, 5.41) is 4.13. The van der Waals surface area contributed by atoms with Gasteiger partial charge in [0.15, 0.2) is 9.84 Å². The molecule has 1 amide bonds. The highest BCUT2D eigenvalue weighted by Gasteiger charge is 2.27. The lowest BCUT2D eigenvalue weighted by molar-refractivity contribution is 0.0998. The molecule has 194 valence electrons. The summed E-state index contributed by atoms with van der Waals surface area (Å²) in [6, 6.07) is 14.6. The molecule has 2 aromatic carbocycles. The predicted octanol–water partition coefficient (Wildman–Crippen LogP) is 4.65. The number of fused-ring (bicyclic) bond motifs is 1. The molecule has 3 heterocycles. The van der Waals surface area contributed by atoms with Gasteiger partial charge < -0.3 is 15.8 Å². The molecule has 8 nitrogen and oxygen atoms in total. The molecule has 0 saturated carbocycles. The van der Waals surface area contributed by atoms with Crippen LogP contribution in [0.3, 0.4) is 0 Å². The van der Waals surface area contributed by atoms with E-state index in [4.69, 9.17) is 22.1 Å². The molecule has 2 aromatic heterocycles. The topological polar surface area (TPSA) is 116 Å². The number of halogens is 1. The molecule has 3 N–H and O–H groups in total. The van der Waals surface area contributed by atoms with Crippen LogP contribution in [0.5, 0.6) is 5.75 Å². The number of nitrogens with two attached hydrogens (primary N) is 1. The highest BCUT2D eigenvalue weighted by Crippen LogP contribution is 2.37. The molecule has 4 aromatic rings. The van der Waals surface area contributed by atoms with Gasteiger partial charge in [0.05, 0.1) is 22.0 Å². The minimum Gasteiger partial charge on any atom is -0.484 e. The molecule has 0 spiro atoms. The SMILES string of the molecule is C[C@@H](Oc1cc(-n2cnc3ccc(CS(=O)(=O)C4CCNCC4)cc32)sc1C(N)=O)c1ccccc1Cl. The zero-order valence-electron chi connectivity index (χ0n) is 20.2. The summed E-state index contributed by atoms with van der Waals surface area (Å²) in [5.74, 6) is -0.276. The van der Waals surface area contributed by atoms with Crippen molar-refractivity contribution in [2.75, 3.05) is 13.1 Å². The Morgan fingerprint density at radius 3 is 2.73 bits per heavy atom. The van der Waals surface area contributed by atoms with Crippen LogP contribution in [-0.2, 0) is 15.6 Å². The van der Waals surface area contributed by atoms with Crippen molar-refractivity contribution in [3.8, 4) is 10.8 Å². The number of piperidine rings is 1. The van der Waals surface area contributed by atoms with Gasteiger partial charge in [-0.2, -0.15) is 0 Å². The second-order valence-corrected chi connectivity index (χ2v) is 12.8. The molecule has 0 bridgehead atoms. The Morgan fingerprint density at radius 2 is 2.00 bits per heavy atom. The largest absolute Gasteiger partial charge is 0.484 e. The minimum atomic E-state index is -3.28. The standard InChI is InChI=1S/C26H27ClN4O4S2/c1-16(19-4-2-3-5-20(19)27)35-23-13-24(36-25(23)26(28)32)31-15-30-21-7-6-17(12-22(21)31)14-37(33,34)18-8-10-29-11-9-18/h2-7,12-13,15-16,18,29H,8-11,14H2,1H3,(H2,28,32)/t16-/m1/s1. The Bertz CT molecular complexity index is 1560. The number of hydrogen-bond acceptors (Lipinski definition) is 7. The van der Waals surface area contributed by atoms with Gasteiger partial charge in [0.2, 0.25) is 0 Å². The number of carbonyl (C=O) groups is 1. The van der Waals surface area contributed by atoms with Crippen LogP contribution in [0, 0.1) is 0 Å². The number of rotatable bonds is 8. The molecule has 11 heteroatoms. The number of nitrogens with zero attached hydrogens (tertiary/aromatic N) is 2. The Labute approximate surface area is 224 Å². The fourth-order valence-electron chi connectivity index (χ4n) is 4.62. The van der Waals surface area contributed by atoms with Gasteiger partial charge in [-0.15, -0.1) is 11.3 Å². The maximum Gasteiger partial charge on any atom is 0.262 e. The average molecular weight is 559 g/mol. The predicted molar refractivity (Wildman–Crippen MR) is 146 cm³/mol. The Hall–Kier alpha value is -2.92. The number of primary amides is 1. The number of sulfone groups is 1. The third-order valence-electron chi connectivity index (χ3n) is 6.57. The third kappa shape index (κ3) is 5.38. The zero-order chi connectivity index (χ0) is 26.2. The Balaban J connectivity index is 1.46. The molecule has 0 aliphatic carbocycles. The molecule has 1 aliphatic rings. The molecule has 0 radical (unpaired) electrons. The van der Waals surface area contributed by atoms with Crippen LogP contribution in [0.15, 0.2) is 54.9 Å². The van der Waals surface area contributed by atoms with E-state index in [2.05, 4.69) is 10.3 Å². The van der Waals surface area contributed by atoms with Crippen molar-refractivity contribution >= 4 is 49.7 Å². The molecule has 37 heavy (non-hydrogen) atoms. The number of carbonyl (C=O) groups excluding carboxylic acids is 1. The first-order valence-electron chi connectivity index (χ1n) is 12.0. The van der Waals surface area contributed by atoms with Crippen LogP contribution in [0.25, 0.3) is 16.0 Å². The number of ether oxygens (including phenoxy) is 1. The molecule has 1 fully saturated rings. The van der Waals surface area contributed by atoms with Crippen LogP contribution in [0.2, 0.25) is 5.02 Å². The van der Waals surface area contributed by atoms with Gasteiger partial charge in [0, 0.05) is 16.7 Å². The van der Waals surface area contributed by atoms with Crippen LogP contribution in [-0.4, -0.2) is 42.2 Å². The summed E-state index contributed by atoms with van der Waals surface area (Å²) < 4.78 is 34.0. The minimum absolute atomic E-state index is 0.0283. The van der Waals surface area contributed by atoms with Gasteiger partial charge in [-0.3, -0.25) is 9.36 Å². The molecular formula is C26H27ClN4O4S2. The summed E-state index contributed by atoms with van der Waals surface area (Å²) >= 11 is 7.51. The van der Waals surface area contributed by atoms with E-state index in [0.717, 1.165) is 24.2 Å². The maximum absolute atomic E-state index is 13.0. The van der Waals surface area contributed by atoms with Crippen molar-refractivity contribution < 1.29 is 17.9 Å². The van der Waals surface area contributed by atoms with E-state index in [-0.39, 0.29) is 15.9 Å². The number of imidazole rings is 1. The smallest absolute Gasteiger partial charge is 0.262 e. The fraction of sp³-hybridized carbons (Fsp3) is 0.308. The van der Waals surface area contributed by atoms with Crippen molar-refractivity contribution in [2.24, 2.45) is 5.73 Å². The lowest BCUT2D eigenvalue weighted by Gasteiger charge is -2.22. The number of amides is 1. The van der Waals surface area contributed by atoms with Crippen molar-refractivity contribution in [2.45, 2.75) is 36.9 Å². The Kier molecular flexibility index (Phi) is 7.26. The molecule has 0 unspecified atom stereocenters. The van der Waals surface area contributed by atoms with E-state index in [1.54, 1.807) is 24.5 Å².